The summed E-state index contributed by atoms with van der Waals surface area (Å²) in [6.07, 6.45) is 5.25. The zero-order valence-electron chi connectivity index (χ0n) is 15.0. The monoisotopic (exact) mass is 379 g/mol. The number of nitrogens with zero attached hydrogens (tertiary/aromatic N) is 2. The van der Waals surface area contributed by atoms with E-state index in [0.717, 1.165) is 29.5 Å². The maximum absolute atomic E-state index is 12.6. The Bertz CT molecular complexity index is 959. The summed E-state index contributed by atoms with van der Waals surface area (Å²) in [4.78, 5) is 6.64. The van der Waals surface area contributed by atoms with E-state index in [0.29, 0.717) is 5.71 Å². The molecule has 6 heteroatoms. The van der Waals surface area contributed by atoms with Gasteiger partial charge in [-0.25, -0.2) is 0 Å². The standard InChI is InChI=1S/C21H21N3O2S/c1-2-7-17-11-13-20(14-12-17)27(25,26)24-23-21(18-8-4-3-5-9-18)19-10-6-15-22-16-19/h3-6,8-16,24H,2,7H2,1H3/b23-21-. The number of rotatable bonds is 7. The number of sulfonamides is 1. The first kappa shape index (κ1) is 18.8. The first-order chi connectivity index (χ1) is 13.1. The molecule has 0 unspecified atom stereocenters. The molecule has 5 nitrogen and oxygen atoms in total. The number of hydrogen-bond acceptors (Lipinski definition) is 4. The van der Waals surface area contributed by atoms with Crippen LogP contribution in [0.5, 0.6) is 0 Å². The first-order valence-electron chi connectivity index (χ1n) is 8.74. The smallest absolute Gasteiger partial charge is 0.264 e. The third kappa shape index (κ3) is 4.80. The van der Waals surface area contributed by atoms with Crippen LogP contribution < -0.4 is 4.83 Å². The van der Waals surface area contributed by atoms with Crippen molar-refractivity contribution in [2.75, 3.05) is 0 Å². The van der Waals surface area contributed by atoms with Crippen molar-refractivity contribution in [3.8, 4) is 0 Å². The van der Waals surface area contributed by atoms with E-state index < -0.39 is 10.0 Å². The third-order valence-electron chi connectivity index (χ3n) is 4.03. The molecule has 0 spiro atoms. The molecular formula is C21H21N3O2S. The average molecular weight is 379 g/mol. The van der Waals surface area contributed by atoms with Crippen molar-refractivity contribution in [2.45, 2.75) is 24.7 Å². The molecule has 0 saturated heterocycles. The Labute approximate surface area is 159 Å². The molecule has 3 aromatic rings. The van der Waals surface area contributed by atoms with Crippen molar-refractivity contribution in [3.05, 3.63) is 95.8 Å². The van der Waals surface area contributed by atoms with Gasteiger partial charge in [-0.15, -0.1) is 0 Å². The van der Waals surface area contributed by atoms with Gasteiger partial charge in [-0.1, -0.05) is 55.8 Å². The highest BCUT2D eigenvalue weighted by molar-refractivity contribution is 7.89. The molecule has 0 radical (unpaired) electrons. The summed E-state index contributed by atoms with van der Waals surface area (Å²) in [6, 6.07) is 19.9. The van der Waals surface area contributed by atoms with E-state index in [1.807, 2.05) is 48.5 Å². The van der Waals surface area contributed by atoms with Crippen molar-refractivity contribution in [2.24, 2.45) is 5.10 Å². The molecule has 27 heavy (non-hydrogen) atoms. The Morgan fingerprint density at radius 1 is 0.963 bits per heavy atom. The van der Waals surface area contributed by atoms with Gasteiger partial charge >= 0.3 is 0 Å². The maximum atomic E-state index is 12.6. The van der Waals surface area contributed by atoms with Crippen LogP contribution >= 0.6 is 0 Å². The average Bonchev–Trinajstić information content (AvgIpc) is 2.70. The minimum atomic E-state index is -3.76. The molecule has 3 rings (SSSR count). The van der Waals surface area contributed by atoms with Crippen LogP contribution in [0.2, 0.25) is 0 Å². The molecule has 0 bridgehead atoms. The largest absolute Gasteiger partial charge is 0.276 e. The van der Waals surface area contributed by atoms with Gasteiger partial charge in [0.1, 0.15) is 5.71 Å². The topological polar surface area (TPSA) is 71.4 Å². The van der Waals surface area contributed by atoms with Crippen LogP contribution in [-0.2, 0) is 16.4 Å². The highest BCUT2D eigenvalue weighted by Crippen LogP contribution is 2.13. The van der Waals surface area contributed by atoms with Gasteiger partial charge in [0.2, 0.25) is 0 Å². The van der Waals surface area contributed by atoms with Crippen LogP contribution in [0.4, 0.5) is 0 Å². The summed E-state index contributed by atoms with van der Waals surface area (Å²) in [5.41, 5.74) is 3.14. The second-order valence-corrected chi connectivity index (χ2v) is 7.72. The molecule has 138 valence electrons. The molecule has 0 amide bonds. The number of hydrazone groups is 1. The minimum absolute atomic E-state index is 0.185. The number of aromatic nitrogens is 1. The van der Waals surface area contributed by atoms with E-state index in [1.165, 1.54) is 0 Å². The van der Waals surface area contributed by atoms with E-state index in [4.69, 9.17) is 0 Å². The summed E-state index contributed by atoms with van der Waals surface area (Å²) in [5.74, 6) is 0. The Morgan fingerprint density at radius 2 is 1.67 bits per heavy atom. The van der Waals surface area contributed by atoms with Gasteiger partial charge < -0.3 is 0 Å². The molecular weight excluding hydrogens is 358 g/mol. The van der Waals surface area contributed by atoms with E-state index in [-0.39, 0.29) is 4.90 Å². The van der Waals surface area contributed by atoms with Crippen LogP contribution in [-0.4, -0.2) is 19.1 Å². The molecule has 0 saturated carbocycles. The molecule has 0 aliphatic carbocycles. The second-order valence-electron chi connectivity index (χ2n) is 6.06. The molecule has 0 aliphatic rings. The Hall–Kier alpha value is -2.99. The lowest BCUT2D eigenvalue weighted by molar-refractivity contribution is 0.584. The molecule has 1 heterocycles. The SMILES string of the molecule is CCCc1ccc(S(=O)(=O)N/N=C(/c2ccccc2)c2cccnc2)cc1. The van der Waals surface area contributed by atoms with Gasteiger partial charge in [-0.3, -0.25) is 4.98 Å². The van der Waals surface area contributed by atoms with Gasteiger partial charge in [-0.05, 0) is 36.2 Å². The zero-order chi connectivity index (χ0) is 19.1. The van der Waals surface area contributed by atoms with Crippen molar-refractivity contribution in [1.82, 2.24) is 9.82 Å². The summed E-state index contributed by atoms with van der Waals surface area (Å²) in [7, 11) is -3.76. The van der Waals surface area contributed by atoms with Gasteiger partial charge in [0.05, 0.1) is 4.90 Å². The van der Waals surface area contributed by atoms with E-state index in [1.54, 1.807) is 30.6 Å². The zero-order valence-corrected chi connectivity index (χ0v) is 15.9. The van der Waals surface area contributed by atoms with Crippen molar-refractivity contribution < 1.29 is 8.42 Å². The first-order valence-corrected chi connectivity index (χ1v) is 10.2. The predicted molar refractivity (Wildman–Crippen MR) is 107 cm³/mol. The van der Waals surface area contributed by atoms with Crippen LogP contribution in [0, 0.1) is 0 Å². The lowest BCUT2D eigenvalue weighted by atomic mass is 10.0. The highest BCUT2D eigenvalue weighted by atomic mass is 32.2. The molecule has 1 N–H and O–H groups in total. The van der Waals surface area contributed by atoms with Crippen LogP contribution in [0.3, 0.4) is 0 Å². The van der Waals surface area contributed by atoms with Crippen molar-refractivity contribution >= 4 is 15.7 Å². The fourth-order valence-corrected chi connectivity index (χ4v) is 3.49. The van der Waals surface area contributed by atoms with Gasteiger partial charge in [-0.2, -0.15) is 18.4 Å². The Morgan fingerprint density at radius 3 is 2.30 bits per heavy atom. The minimum Gasteiger partial charge on any atom is -0.264 e. The summed E-state index contributed by atoms with van der Waals surface area (Å²) in [6.45, 7) is 2.09. The number of nitrogens with one attached hydrogen (secondary N) is 1. The quantitative estimate of drug-likeness (QED) is 0.502. The lowest BCUT2D eigenvalue weighted by Gasteiger charge is -2.09. The molecule has 0 atom stereocenters. The van der Waals surface area contributed by atoms with Crippen LogP contribution in [0.1, 0.15) is 30.0 Å². The van der Waals surface area contributed by atoms with E-state index in [2.05, 4.69) is 21.8 Å². The number of hydrogen-bond donors (Lipinski definition) is 1. The number of benzene rings is 2. The highest BCUT2D eigenvalue weighted by Gasteiger charge is 2.14. The number of aryl methyl sites for hydroxylation is 1. The molecule has 0 fully saturated rings. The van der Waals surface area contributed by atoms with E-state index >= 15 is 0 Å². The number of pyridine rings is 1. The van der Waals surface area contributed by atoms with E-state index in [9.17, 15) is 8.42 Å². The molecule has 0 aliphatic heterocycles. The fourth-order valence-electron chi connectivity index (χ4n) is 2.68. The van der Waals surface area contributed by atoms with Gasteiger partial charge in [0.15, 0.2) is 0 Å². The van der Waals surface area contributed by atoms with Gasteiger partial charge in [0.25, 0.3) is 10.0 Å². The fraction of sp³-hybridized carbons (Fsp3) is 0.143. The molecule has 1 aromatic heterocycles. The third-order valence-corrected chi connectivity index (χ3v) is 5.26. The van der Waals surface area contributed by atoms with Crippen LogP contribution in [0.25, 0.3) is 0 Å². The van der Waals surface area contributed by atoms with Crippen molar-refractivity contribution in [3.63, 3.8) is 0 Å². The molecule has 2 aromatic carbocycles. The van der Waals surface area contributed by atoms with Crippen molar-refractivity contribution in [1.29, 1.82) is 0 Å². The second kappa shape index (κ2) is 8.60. The summed E-state index contributed by atoms with van der Waals surface area (Å²) >= 11 is 0. The summed E-state index contributed by atoms with van der Waals surface area (Å²) in [5, 5.41) is 4.21. The maximum Gasteiger partial charge on any atom is 0.276 e. The Kier molecular flexibility index (Phi) is 5.98. The Balaban J connectivity index is 1.91. The van der Waals surface area contributed by atoms with Gasteiger partial charge in [0, 0.05) is 23.5 Å². The summed E-state index contributed by atoms with van der Waals surface area (Å²) < 4.78 is 25.3. The predicted octanol–water partition coefficient (Wildman–Crippen LogP) is 3.77. The van der Waals surface area contributed by atoms with Crippen LogP contribution in [0.15, 0.2) is 89.1 Å². The normalized spacial score (nSPS) is 12.0. The lowest BCUT2D eigenvalue weighted by Crippen LogP contribution is -2.21.